The SMILES string of the molecule is C=CC(=O)NCCN(C(=O)CCc1ccc(C)o1)C(C(=O)NCCC)c1ccc(C#N)c(OC)c1. The summed E-state index contributed by atoms with van der Waals surface area (Å²) in [5, 5.41) is 14.9. The molecule has 3 amide bonds. The van der Waals surface area contributed by atoms with Gasteiger partial charge in [0.2, 0.25) is 17.7 Å². The molecule has 0 bridgehead atoms. The number of furan rings is 1. The summed E-state index contributed by atoms with van der Waals surface area (Å²) in [6, 6.07) is 9.48. The second-order valence-corrected chi connectivity index (χ2v) is 7.86. The largest absolute Gasteiger partial charge is 0.495 e. The Hall–Kier alpha value is -4.06. The minimum atomic E-state index is -0.991. The highest BCUT2D eigenvalue weighted by atomic mass is 16.5. The molecule has 1 aromatic heterocycles. The van der Waals surface area contributed by atoms with Crippen molar-refractivity contribution in [2.75, 3.05) is 26.7 Å². The van der Waals surface area contributed by atoms with Gasteiger partial charge in [0, 0.05) is 32.5 Å². The van der Waals surface area contributed by atoms with Gasteiger partial charge in [-0.05, 0) is 49.2 Å². The quantitative estimate of drug-likeness (QED) is 0.425. The molecule has 1 heterocycles. The molecule has 0 spiro atoms. The van der Waals surface area contributed by atoms with Crippen LogP contribution in [0.2, 0.25) is 0 Å². The molecule has 1 atom stereocenters. The fraction of sp³-hybridized carbons (Fsp3) is 0.385. The molecule has 9 nitrogen and oxygen atoms in total. The number of amides is 3. The van der Waals surface area contributed by atoms with Crippen molar-refractivity contribution in [3.05, 3.63) is 65.6 Å². The van der Waals surface area contributed by atoms with Crippen LogP contribution in [-0.2, 0) is 20.8 Å². The minimum Gasteiger partial charge on any atom is -0.495 e. The van der Waals surface area contributed by atoms with Crippen molar-refractivity contribution < 1.29 is 23.5 Å². The highest BCUT2D eigenvalue weighted by Crippen LogP contribution is 2.28. The van der Waals surface area contributed by atoms with Crippen molar-refractivity contribution in [2.24, 2.45) is 0 Å². The van der Waals surface area contributed by atoms with Crippen LogP contribution in [0.3, 0.4) is 0 Å². The molecular weight excluding hydrogens is 448 g/mol. The van der Waals surface area contributed by atoms with E-state index < -0.39 is 6.04 Å². The van der Waals surface area contributed by atoms with Crippen LogP contribution in [0.25, 0.3) is 0 Å². The Bertz CT molecular complexity index is 1090. The van der Waals surface area contributed by atoms with Crippen LogP contribution in [0, 0.1) is 18.3 Å². The van der Waals surface area contributed by atoms with Crippen LogP contribution in [0.15, 0.2) is 47.4 Å². The maximum Gasteiger partial charge on any atom is 0.247 e. The predicted octanol–water partition coefficient (Wildman–Crippen LogP) is 2.80. The molecule has 0 aliphatic heterocycles. The average molecular weight is 481 g/mol. The topological polar surface area (TPSA) is 125 Å². The van der Waals surface area contributed by atoms with Gasteiger partial charge < -0.3 is 24.7 Å². The lowest BCUT2D eigenvalue weighted by atomic mass is 10.0. The summed E-state index contributed by atoms with van der Waals surface area (Å²) in [6.45, 7) is 7.83. The first-order chi connectivity index (χ1) is 16.8. The molecule has 0 aliphatic carbocycles. The zero-order valence-electron chi connectivity index (χ0n) is 20.4. The predicted molar refractivity (Wildman–Crippen MR) is 130 cm³/mol. The van der Waals surface area contributed by atoms with E-state index >= 15 is 0 Å². The van der Waals surface area contributed by atoms with E-state index in [2.05, 4.69) is 17.2 Å². The third-order valence-corrected chi connectivity index (χ3v) is 5.31. The first-order valence-corrected chi connectivity index (χ1v) is 11.4. The molecule has 186 valence electrons. The van der Waals surface area contributed by atoms with Gasteiger partial charge in [0.1, 0.15) is 29.4 Å². The van der Waals surface area contributed by atoms with Crippen molar-refractivity contribution in [3.63, 3.8) is 0 Å². The highest BCUT2D eigenvalue weighted by Gasteiger charge is 2.31. The van der Waals surface area contributed by atoms with Crippen LogP contribution in [0.4, 0.5) is 0 Å². The summed E-state index contributed by atoms with van der Waals surface area (Å²) in [5.74, 6) is 0.690. The van der Waals surface area contributed by atoms with Gasteiger partial charge in [-0.3, -0.25) is 14.4 Å². The number of carbonyl (C=O) groups excluding carboxylic acids is 3. The molecule has 35 heavy (non-hydrogen) atoms. The molecule has 0 saturated heterocycles. The molecule has 2 N–H and O–H groups in total. The Balaban J connectivity index is 2.42. The molecule has 2 aromatic rings. The molecule has 0 radical (unpaired) electrons. The summed E-state index contributed by atoms with van der Waals surface area (Å²) >= 11 is 0. The number of nitrogens with one attached hydrogen (secondary N) is 2. The summed E-state index contributed by atoms with van der Waals surface area (Å²) in [5.41, 5.74) is 0.806. The first kappa shape index (κ1) is 27.2. The number of hydrogen-bond donors (Lipinski definition) is 2. The lowest BCUT2D eigenvalue weighted by Gasteiger charge is -2.32. The Morgan fingerprint density at radius 2 is 2.00 bits per heavy atom. The lowest BCUT2D eigenvalue weighted by molar-refractivity contribution is -0.141. The standard InChI is InChI=1S/C26H32N4O5/c1-5-13-29-26(33)25(19-8-9-20(17-27)22(16-19)34-4)30(15-14-28-23(31)6-2)24(32)12-11-21-10-7-18(3)35-21/h6-10,16,25H,2,5,11-15H2,1,3-4H3,(H,28,31)(H,29,33). The second kappa shape index (κ2) is 13.6. The summed E-state index contributed by atoms with van der Waals surface area (Å²) in [4.78, 5) is 39.8. The van der Waals surface area contributed by atoms with Gasteiger partial charge in [0.15, 0.2) is 0 Å². The first-order valence-electron chi connectivity index (χ1n) is 11.4. The molecule has 0 saturated carbocycles. The van der Waals surface area contributed by atoms with E-state index in [1.165, 1.54) is 12.0 Å². The fourth-order valence-electron chi connectivity index (χ4n) is 3.55. The van der Waals surface area contributed by atoms with E-state index in [1.807, 2.05) is 32.0 Å². The number of hydrogen-bond acceptors (Lipinski definition) is 6. The summed E-state index contributed by atoms with van der Waals surface area (Å²) in [6.07, 6.45) is 2.33. The maximum absolute atomic E-state index is 13.4. The number of nitriles is 1. The highest BCUT2D eigenvalue weighted by molar-refractivity contribution is 5.89. The number of aryl methyl sites for hydroxylation is 2. The van der Waals surface area contributed by atoms with Gasteiger partial charge in [0.05, 0.1) is 12.7 Å². The Morgan fingerprint density at radius 1 is 1.23 bits per heavy atom. The molecule has 9 heteroatoms. The third kappa shape index (κ3) is 7.74. The van der Waals surface area contributed by atoms with E-state index in [0.29, 0.717) is 35.6 Å². The van der Waals surface area contributed by atoms with Gasteiger partial charge in [-0.25, -0.2) is 0 Å². The van der Waals surface area contributed by atoms with Gasteiger partial charge in [-0.2, -0.15) is 5.26 Å². The van der Waals surface area contributed by atoms with Crippen molar-refractivity contribution in [1.82, 2.24) is 15.5 Å². The van der Waals surface area contributed by atoms with Crippen LogP contribution in [0.5, 0.6) is 5.75 Å². The van der Waals surface area contributed by atoms with Crippen molar-refractivity contribution in [2.45, 2.75) is 39.2 Å². The smallest absolute Gasteiger partial charge is 0.247 e. The Morgan fingerprint density at radius 3 is 2.60 bits per heavy atom. The number of nitrogens with zero attached hydrogens (tertiary/aromatic N) is 2. The Kier molecular flexibility index (Phi) is 10.6. The zero-order valence-corrected chi connectivity index (χ0v) is 20.4. The molecule has 0 aliphatic rings. The minimum absolute atomic E-state index is 0.0854. The lowest BCUT2D eigenvalue weighted by Crippen LogP contribution is -2.46. The van der Waals surface area contributed by atoms with Gasteiger partial charge in [0.25, 0.3) is 0 Å². The van der Waals surface area contributed by atoms with Crippen LogP contribution in [-0.4, -0.2) is 49.4 Å². The zero-order chi connectivity index (χ0) is 25.8. The summed E-state index contributed by atoms with van der Waals surface area (Å²) in [7, 11) is 1.44. The number of carbonyl (C=O) groups is 3. The summed E-state index contributed by atoms with van der Waals surface area (Å²) < 4.78 is 10.9. The molecule has 2 rings (SSSR count). The van der Waals surface area contributed by atoms with Crippen LogP contribution >= 0.6 is 0 Å². The van der Waals surface area contributed by atoms with Gasteiger partial charge >= 0.3 is 0 Å². The van der Waals surface area contributed by atoms with Gasteiger partial charge in [-0.1, -0.05) is 19.6 Å². The molecule has 0 fully saturated rings. The average Bonchev–Trinajstić information content (AvgIpc) is 3.29. The van der Waals surface area contributed by atoms with Crippen LogP contribution in [0.1, 0.15) is 48.5 Å². The number of benzene rings is 1. The van der Waals surface area contributed by atoms with Gasteiger partial charge in [-0.15, -0.1) is 0 Å². The van der Waals surface area contributed by atoms with Crippen molar-refractivity contribution in [1.29, 1.82) is 5.26 Å². The van der Waals surface area contributed by atoms with Crippen LogP contribution < -0.4 is 15.4 Å². The third-order valence-electron chi connectivity index (χ3n) is 5.31. The Labute approximate surface area is 205 Å². The number of methoxy groups -OCH3 is 1. The fourth-order valence-corrected chi connectivity index (χ4v) is 3.55. The monoisotopic (exact) mass is 480 g/mol. The number of ether oxygens (including phenoxy) is 1. The molecule has 1 aromatic carbocycles. The van der Waals surface area contributed by atoms with E-state index in [4.69, 9.17) is 9.15 Å². The molecular formula is C26H32N4O5. The van der Waals surface area contributed by atoms with Crippen molar-refractivity contribution in [3.8, 4) is 11.8 Å². The number of rotatable bonds is 13. The maximum atomic E-state index is 13.4. The van der Waals surface area contributed by atoms with Crippen molar-refractivity contribution >= 4 is 17.7 Å². The van der Waals surface area contributed by atoms with E-state index in [1.54, 1.807) is 18.2 Å². The molecule has 1 unspecified atom stereocenters. The van der Waals surface area contributed by atoms with E-state index in [0.717, 1.165) is 18.3 Å². The normalized spacial score (nSPS) is 11.1. The second-order valence-electron chi connectivity index (χ2n) is 7.86. The van der Waals surface area contributed by atoms with E-state index in [-0.39, 0.29) is 37.2 Å². The van der Waals surface area contributed by atoms with E-state index in [9.17, 15) is 19.6 Å².